The van der Waals surface area contributed by atoms with Crippen LogP contribution in [0.3, 0.4) is 0 Å². The zero-order valence-electron chi connectivity index (χ0n) is 7.06. The van der Waals surface area contributed by atoms with Gasteiger partial charge in [-0.05, 0) is 17.4 Å². The fraction of sp³-hybridized carbons (Fsp3) is 1.00. The lowest BCUT2D eigenvalue weighted by molar-refractivity contribution is 0.473. The van der Waals surface area contributed by atoms with Crippen molar-refractivity contribution in [2.45, 2.75) is 20.8 Å². The molecule has 1 nitrogen and oxygen atoms in total. The third-order valence-corrected chi connectivity index (χ3v) is 2.57. The van der Waals surface area contributed by atoms with E-state index in [0.717, 1.165) is 5.75 Å². The van der Waals surface area contributed by atoms with E-state index in [1.807, 2.05) is 13.4 Å². The van der Waals surface area contributed by atoms with E-state index >= 15 is 0 Å². The molecule has 0 atom stereocenters. The van der Waals surface area contributed by atoms with E-state index in [0.29, 0.717) is 0 Å². The Labute approximate surface area is 60.0 Å². The van der Waals surface area contributed by atoms with E-state index < -0.39 is 9.78 Å². The van der Waals surface area contributed by atoms with Crippen LogP contribution in [0.4, 0.5) is 0 Å². The second-order valence-electron chi connectivity index (χ2n) is 4.29. The second-order valence-corrected chi connectivity index (χ2v) is 7.76. The van der Waals surface area contributed by atoms with Gasteiger partial charge in [-0.3, -0.25) is 4.21 Å². The molecule has 3 heteroatoms. The summed E-state index contributed by atoms with van der Waals surface area (Å²) in [6.07, 6.45) is 1.85. The average molecular weight is 148 g/mol. The van der Waals surface area contributed by atoms with Gasteiger partial charge in [0.2, 0.25) is 0 Å². The maximum atomic E-state index is 11.2. The van der Waals surface area contributed by atoms with Gasteiger partial charge in [0.15, 0.2) is 7.12 Å². The average Bonchev–Trinajstić information content (AvgIpc) is 1.14. The lowest BCUT2D eigenvalue weighted by atomic mass is 10.0. The van der Waals surface area contributed by atoms with Gasteiger partial charge in [0.05, 0.1) is 0 Å². The van der Waals surface area contributed by atoms with Crippen molar-refractivity contribution in [3.8, 4) is 0 Å². The van der Waals surface area contributed by atoms with Gasteiger partial charge < -0.3 is 0 Å². The van der Waals surface area contributed by atoms with Gasteiger partial charge >= 0.3 is 0 Å². The molecule has 0 aliphatic carbocycles. The molecule has 0 rings (SSSR count). The van der Waals surface area contributed by atoms with Gasteiger partial charge in [-0.15, -0.1) is 9.78 Å². The fourth-order valence-corrected chi connectivity index (χ4v) is 3.43. The summed E-state index contributed by atoms with van der Waals surface area (Å²) in [6, 6.07) is 0. The summed E-state index contributed by atoms with van der Waals surface area (Å²) in [5.74, 6) is 0.847. The first-order valence-electron chi connectivity index (χ1n) is 3.25. The largest absolute Gasteiger partial charge is 0.295 e. The highest BCUT2D eigenvalue weighted by Crippen LogP contribution is 2.16. The Morgan fingerprint density at radius 1 is 1.44 bits per heavy atom. The Balaban J connectivity index is 3.90. The molecule has 9 heavy (non-hydrogen) atoms. The van der Waals surface area contributed by atoms with Crippen LogP contribution in [0.15, 0.2) is 0 Å². The van der Waals surface area contributed by atoms with Crippen LogP contribution >= 0.6 is 0 Å². The monoisotopic (exact) mass is 148 g/mol. The maximum absolute atomic E-state index is 11.2. The molecule has 0 heterocycles. The Bertz CT molecular complexity index is 130. The van der Waals surface area contributed by atoms with Crippen LogP contribution in [-0.2, 0) is 9.78 Å². The first-order chi connectivity index (χ1) is 3.71. The quantitative estimate of drug-likeness (QED) is 0.416. The van der Waals surface area contributed by atoms with Crippen molar-refractivity contribution < 1.29 is 4.21 Å². The summed E-state index contributed by atoms with van der Waals surface area (Å²) in [7, 11) is 0.0583. The number of hydrogen-bond acceptors (Lipinski definition) is 1. The molecular formula is C6H17BOS. The molecular weight excluding hydrogens is 131 g/mol. The Hall–Kier alpha value is 0.215. The zero-order chi connectivity index (χ0) is 7.71. The SMILES string of the molecule is B[SH](C)(=O)CC(C)(C)C. The van der Waals surface area contributed by atoms with Crippen LogP contribution in [0.2, 0.25) is 0 Å². The van der Waals surface area contributed by atoms with Gasteiger partial charge in [0, 0.05) is 0 Å². The molecule has 0 spiro atoms. The molecule has 0 N–H and O–H groups in total. The van der Waals surface area contributed by atoms with Crippen molar-refractivity contribution >= 4 is 16.9 Å². The fourth-order valence-electron chi connectivity index (χ4n) is 1.14. The topological polar surface area (TPSA) is 17.1 Å². The number of thiol groups is 1. The maximum Gasteiger partial charge on any atom is 0.187 e. The molecule has 0 fully saturated rings. The summed E-state index contributed by atoms with van der Waals surface area (Å²) in [5, 5.41) is 0. The summed E-state index contributed by atoms with van der Waals surface area (Å²) in [4.78, 5) is 0. The van der Waals surface area contributed by atoms with Crippen LogP contribution in [0.1, 0.15) is 20.8 Å². The first-order valence-corrected chi connectivity index (χ1v) is 6.03. The molecule has 0 saturated heterocycles. The lowest BCUT2D eigenvalue weighted by Gasteiger charge is -2.23. The summed E-state index contributed by atoms with van der Waals surface area (Å²) < 4.78 is 11.2. The molecule has 0 bridgehead atoms. The smallest absolute Gasteiger partial charge is 0.187 e. The lowest BCUT2D eigenvalue weighted by Crippen LogP contribution is -2.25. The Kier molecular flexibility index (Phi) is 2.51. The van der Waals surface area contributed by atoms with Crippen LogP contribution in [-0.4, -0.2) is 23.3 Å². The van der Waals surface area contributed by atoms with Crippen LogP contribution in [0.25, 0.3) is 0 Å². The van der Waals surface area contributed by atoms with Crippen molar-refractivity contribution in [2.75, 3.05) is 12.0 Å². The molecule has 56 valence electrons. The predicted molar refractivity (Wildman–Crippen MR) is 48.3 cm³/mol. The minimum absolute atomic E-state index is 0.221. The minimum Gasteiger partial charge on any atom is -0.295 e. The van der Waals surface area contributed by atoms with Crippen molar-refractivity contribution in [3.63, 3.8) is 0 Å². The highest BCUT2D eigenvalue weighted by atomic mass is 32.2. The second kappa shape index (κ2) is 2.45. The van der Waals surface area contributed by atoms with Crippen molar-refractivity contribution in [2.24, 2.45) is 5.41 Å². The molecule has 0 radical (unpaired) electrons. The minimum atomic E-state index is -1.79. The third-order valence-electron chi connectivity index (χ3n) is 0.855. The molecule has 0 aliphatic heterocycles. The van der Waals surface area contributed by atoms with Crippen LogP contribution < -0.4 is 0 Å². The van der Waals surface area contributed by atoms with Gasteiger partial charge in [0.25, 0.3) is 0 Å². The highest BCUT2D eigenvalue weighted by molar-refractivity contribution is 8.21. The normalized spacial score (nSPS) is 15.6. The van der Waals surface area contributed by atoms with Crippen molar-refractivity contribution in [1.29, 1.82) is 0 Å². The Morgan fingerprint density at radius 3 is 1.78 bits per heavy atom. The van der Waals surface area contributed by atoms with Crippen molar-refractivity contribution in [3.05, 3.63) is 0 Å². The highest BCUT2D eigenvalue weighted by Gasteiger charge is 2.15. The van der Waals surface area contributed by atoms with Gasteiger partial charge in [-0.2, -0.15) is 0 Å². The van der Waals surface area contributed by atoms with Crippen molar-refractivity contribution in [1.82, 2.24) is 0 Å². The number of hydrogen-bond donors (Lipinski definition) is 1. The van der Waals surface area contributed by atoms with E-state index in [9.17, 15) is 4.21 Å². The summed E-state index contributed by atoms with van der Waals surface area (Å²) in [5.41, 5.74) is 0.221. The zero-order valence-corrected chi connectivity index (χ0v) is 7.96. The van der Waals surface area contributed by atoms with E-state index in [2.05, 4.69) is 20.8 Å². The Morgan fingerprint density at radius 2 is 1.78 bits per heavy atom. The predicted octanol–water partition coefficient (Wildman–Crippen LogP) is 0.227. The summed E-state index contributed by atoms with van der Waals surface area (Å²) in [6.45, 7) is 6.35. The van der Waals surface area contributed by atoms with E-state index in [1.165, 1.54) is 0 Å². The summed E-state index contributed by atoms with van der Waals surface area (Å²) >= 11 is 0. The molecule has 0 aromatic heterocycles. The molecule has 0 unspecified atom stereocenters. The van der Waals surface area contributed by atoms with E-state index in [1.54, 1.807) is 0 Å². The van der Waals surface area contributed by atoms with Crippen LogP contribution in [0.5, 0.6) is 0 Å². The standard InChI is InChI=1S/C6H17BOS/c1-6(2,3)5-9(4,7)8/h9H,5,7H2,1-4H3. The first kappa shape index (κ1) is 9.21. The molecule has 0 aromatic rings. The van der Waals surface area contributed by atoms with Gasteiger partial charge in [0.1, 0.15) is 0 Å². The third kappa shape index (κ3) is 8.21. The molecule has 0 aromatic carbocycles. The van der Waals surface area contributed by atoms with Gasteiger partial charge in [-0.25, -0.2) is 0 Å². The van der Waals surface area contributed by atoms with E-state index in [-0.39, 0.29) is 5.41 Å². The van der Waals surface area contributed by atoms with Gasteiger partial charge in [-0.1, -0.05) is 20.8 Å². The molecule has 0 aliphatic rings. The van der Waals surface area contributed by atoms with Crippen LogP contribution in [0, 0.1) is 5.41 Å². The number of rotatable bonds is 1. The van der Waals surface area contributed by atoms with E-state index in [4.69, 9.17) is 0 Å². The molecule has 0 saturated carbocycles. The molecule has 0 amide bonds.